The SMILES string of the molecule is CN1CCN(c2cccc(C(C)(C)C(=O)N3CC4=C(C3)CN(S(=O)(=O)c3ccc5c(c3)OCCO5)C4)c2)CC1. The van der Waals surface area contributed by atoms with Crippen LogP contribution in [0.25, 0.3) is 0 Å². The smallest absolute Gasteiger partial charge is 0.243 e. The van der Waals surface area contributed by atoms with E-state index in [-0.39, 0.29) is 10.8 Å². The highest BCUT2D eigenvalue weighted by molar-refractivity contribution is 7.89. The van der Waals surface area contributed by atoms with Crippen LogP contribution in [-0.4, -0.2) is 101 Å². The molecule has 1 saturated heterocycles. The number of nitrogens with zero attached hydrogens (tertiary/aromatic N) is 4. The van der Waals surface area contributed by atoms with Crippen molar-refractivity contribution in [3.63, 3.8) is 0 Å². The standard InChI is InChI=1S/C29H36N4O5S/c1-29(2,23-5-4-6-24(15-23)31-11-9-30(3)10-12-31)28(34)32-17-21-19-33(20-22(21)18-32)39(35,36)25-7-8-26-27(16-25)38-14-13-37-26/h4-8,15-16H,9-14,17-20H2,1-3H3. The first-order valence-electron chi connectivity index (χ1n) is 13.6. The molecule has 4 heterocycles. The Morgan fingerprint density at radius 2 is 1.51 bits per heavy atom. The van der Waals surface area contributed by atoms with E-state index in [1.807, 2.05) is 30.9 Å². The Kier molecular flexibility index (Phi) is 6.60. The molecule has 39 heavy (non-hydrogen) atoms. The van der Waals surface area contributed by atoms with Crippen LogP contribution in [0.5, 0.6) is 11.5 Å². The summed E-state index contributed by atoms with van der Waals surface area (Å²) in [6.45, 7) is 10.4. The molecule has 6 rings (SSSR count). The molecular weight excluding hydrogens is 516 g/mol. The number of rotatable bonds is 5. The van der Waals surface area contributed by atoms with Gasteiger partial charge >= 0.3 is 0 Å². The number of likely N-dealkylation sites (N-methyl/N-ethyl adjacent to an activating group) is 1. The summed E-state index contributed by atoms with van der Waals surface area (Å²) in [7, 11) is -1.55. The first-order valence-corrected chi connectivity index (χ1v) is 15.0. The van der Waals surface area contributed by atoms with Crippen molar-refractivity contribution in [2.45, 2.75) is 24.2 Å². The van der Waals surface area contributed by atoms with Gasteiger partial charge in [-0.2, -0.15) is 4.31 Å². The van der Waals surface area contributed by atoms with Crippen molar-refractivity contribution in [3.8, 4) is 11.5 Å². The second-order valence-electron chi connectivity index (χ2n) is 11.4. The summed E-state index contributed by atoms with van der Waals surface area (Å²) in [5, 5.41) is 0. The summed E-state index contributed by atoms with van der Waals surface area (Å²) in [4.78, 5) is 20.6. The molecule has 208 valence electrons. The minimum atomic E-state index is -3.70. The molecule has 4 aliphatic rings. The van der Waals surface area contributed by atoms with Gasteiger partial charge in [-0.1, -0.05) is 12.1 Å². The number of amides is 1. The van der Waals surface area contributed by atoms with Crippen LogP contribution in [0, 0.1) is 0 Å². The molecule has 10 heteroatoms. The molecule has 4 aliphatic heterocycles. The summed E-state index contributed by atoms with van der Waals surface area (Å²) in [5.41, 5.74) is 3.50. The van der Waals surface area contributed by atoms with Gasteiger partial charge in [0.15, 0.2) is 11.5 Å². The molecule has 0 bridgehead atoms. The summed E-state index contributed by atoms with van der Waals surface area (Å²) in [5.74, 6) is 1.08. The Morgan fingerprint density at radius 3 is 2.21 bits per heavy atom. The number of hydrogen-bond donors (Lipinski definition) is 0. The first-order chi connectivity index (χ1) is 18.6. The summed E-state index contributed by atoms with van der Waals surface area (Å²) in [6, 6.07) is 13.1. The highest BCUT2D eigenvalue weighted by Gasteiger charge is 2.42. The third-order valence-electron chi connectivity index (χ3n) is 8.41. The topological polar surface area (TPSA) is 82.6 Å². The molecule has 0 unspecified atom stereocenters. The second kappa shape index (κ2) is 9.83. The minimum Gasteiger partial charge on any atom is -0.486 e. The van der Waals surface area contributed by atoms with E-state index in [0.29, 0.717) is 50.9 Å². The van der Waals surface area contributed by atoms with Crippen molar-refractivity contribution >= 4 is 21.6 Å². The summed E-state index contributed by atoms with van der Waals surface area (Å²) >= 11 is 0. The number of fused-ring (bicyclic) bond motifs is 1. The number of ether oxygens (including phenoxy) is 2. The van der Waals surface area contributed by atoms with Crippen molar-refractivity contribution in [2.24, 2.45) is 0 Å². The Morgan fingerprint density at radius 1 is 0.846 bits per heavy atom. The van der Waals surface area contributed by atoms with Gasteiger partial charge in [-0.05, 0) is 61.9 Å². The molecule has 0 aliphatic carbocycles. The minimum absolute atomic E-state index is 0.0636. The molecule has 2 aromatic rings. The van der Waals surface area contributed by atoms with E-state index < -0.39 is 15.4 Å². The lowest BCUT2D eigenvalue weighted by atomic mass is 9.82. The van der Waals surface area contributed by atoms with Crippen molar-refractivity contribution in [2.75, 3.05) is 77.5 Å². The zero-order valence-corrected chi connectivity index (χ0v) is 23.7. The van der Waals surface area contributed by atoms with Crippen molar-refractivity contribution in [3.05, 3.63) is 59.2 Å². The van der Waals surface area contributed by atoms with Gasteiger partial charge in [0.2, 0.25) is 15.9 Å². The number of carbonyl (C=O) groups excluding carboxylic acids is 1. The zero-order valence-electron chi connectivity index (χ0n) is 22.9. The molecule has 0 spiro atoms. The lowest BCUT2D eigenvalue weighted by Crippen LogP contribution is -2.45. The van der Waals surface area contributed by atoms with Gasteiger partial charge in [0.25, 0.3) is 0 Å². The molecular formula is C29H36N4O5S. The molecule has 2 aromatic carbocycles. The van der Waals surface area contributed by atoms with Crippen LogP contribution < -0.4 is 14.4 Å². The fourth-order valence-electron chi connectivity index (χ4n) is 5.87. The Bertz CT molecular complexity index is 1410. The Hall–Kier alpha value is -3.08. The maximum absolute atomic E-state index is 13.8. The monoisotopic (exact) mass is 552 g/mol. The predicted molar refractivity (Wildman–Crippen MR) is 149 cm³/mol. The van der Waals surface area contributed by atoms with E-state index in [1.165, 1.54) is 4.31 Å². The average molecular weight is 553 g/mol. The number of piperazine rings is 1. The number of sulfonamides is 1. The van der Waals surface area contributed by atoms with E-state index in [0.717, 1.165) is 48.6 Å². The van der Waals surface area contributed by atoms with Crippen molar-refractivity contribution in [1.29, 1.82) is 0 Å². The fourth-order valence-corrected chi connectivity index (χ4v) is 7.31. The highest BCUT2D eigenvalue weighted by Crippen LogP contribution is 2.37. The fraction of sp³-hybridized carbons (Fsp3) is 0.483. The van der Waals surface area contributed by atoms with Gasteiger partial charge in [-0.3, -0.25) is 4.79 Å². The summed E-state index contributed by atoms with van der Waals surface area (Å²) < 4.78 is 39.4. The number of benzene rings is 2. The van der Waals surface area contributed by atoms with Crippen molar-refractivity contribution < 1.29 is 22.7 Å². The average Bonchev–Trinajstić information content (AvgIpc) is 3.53. The lowest BCUT2D eigenvalue weighted by Gasteiger charge is -2.35. The molecule has 0 radical (unpaired) electrons. The molecule has 0 atom stereocenters. The quantitative estimate of drug-likeness (QED) is 0.527. The molecule has 0 saturated carbocycles. The van der Waals surface area contributed by atoms with Gasteiger partial charge in [-0.25, -0.2) is 8.42 Å². The number of hydrogen-bond acceptors (Lipinski definition) is 7. The highest BCUT2D eigenvalue weighted by atomic mass is 32.2. The van der Waals surface area contributed by atoms with Crippen LogP contribution in [0.1, 0.15) is 19.4 Å². The molecule has 9 nitrogen and oxygen atoms in total. The van der Waals surface area contributed by atoms with Crippen LogP contribution >= 0.6 is 0 Å². The zero-order chi connectivity index (χ0) is 27.4. The molecule has 1 amide bonds. The van der Waals surface area contributed by atoms with Gasteiger partial charge < -0.3 is 24.2 Å². The van der Waals surface area contributed by atoms with E-state index in [1.54, 1.807) is 18.2 Å². The van der Waals surface area contributed by atoms with Crippen LogP contribution in [0.4, 0.5) is 5.69 Å². The number of carbonyl (C=O) groups is 1. The lowest BCUT2D eigenvalue weighted by molar-refractivity contribution is -0.135. The second-order valence-corrected chi connectivity index (χ2v) is 13.4. The van der Waals surface area contributed by atoms with E-state index in [4.69, 9.17) is 9.47 Å². The van der Waals surface area contributed by atoms with Gasteiger partial charge in [0.1, 0.15) is 13.2 Å². The Balaban J connectivity index is 1.12. The third kappa shape index (κ3) is 4.79. The maximum atomic E-state index is 13.8. The first kappa shape index (κ1) is 26.2. The van der Waals surface area contributed by atoms with Crippen molar-refractivity contribution in [1.82, 2.24) is 14.1 Å². The third-order valence-corrected chi connectivity index (χ3v) is 10.2. The van der Waals surface area contributed by atoms with E-state index >= 15 is 0 Å². The molecule has 1 fully saturated rings. The van der Waals surface area contributed by atoms with Gasteiger partial charge in [-0.15, -0.1) is 0 Å². The normalized spacial score (nSPS) is 20.5. The largest absolute Gasteiger partial charge is 0.486 e. The van der Waals surface area contributed by atoms with Crippen LogP contribution in [0.15, 0.2) is 58.5 Å². The predicted octanol–water partition coefficient (Wildman–Crippen LogP) is 2.33. The van der Waals surface area contributed by atoms with Gasteiger partial charge in [0.05, 0.1) is 10.3 Å². The maximum Gasteiger partial charge on any atom is 0.243 e. The van der Waals surface area contributed by atoms with Crippen LogP contribution in [0.3, 0.4) is 0 Å². The van der Waals surface area contributed by atoms with E-state index in [9.17, 15) is 13.2 Å². The number of anilines is 1. The molecule has 0 N–H and O–H groups in total. The van der Waals surface area contributed by atoms with E-state index in [2.05, 4.69) is 29.0 Å². The van der Waals surface area contributed by atoms with Crippen LogP contribution in [0.2, 0.25) is 0 Å². The van der Waals surface area contributed by atoms with Crippen LogP contribution in [-0.2, 0) is 20.2 Å². The van der Waals surface area contributed by atoms with Gasteiger partial charge in [0, 0.05) is 64.1 Å². The summed E-state index contributed by atoms with van der Waals surface area (Å²) in [6.07, 6.45) is 0. The molecule has 0 aromatic heterocycles. The Labute approximate surface area is 230 Å².